The Morgan fingerprint density at radius 2 is 2.12 bits per heavy atom. The van der Waals surface area contributed by atoms with E-state index in [9.17, 15) is 4.79 Å². The Morgan fingerprint density at radius 1 is 1.21 bits per heavy atom. The van der Waals surface area contributed by atoms with E-state index in [0.717, 1.165) is 21.2 Å². The van der Waals surface area contributed by atoms with Gasteiger partial charge in [0.05, 0.1) is 16.8 Å². The summed E-state index contributed by atoms with van der Waals surface area (Å²) < 4.78 is 1.60. The molecule has 0 radical (unpaired) electrons. The first-order valence-electron chi connectivity index (χ1n) is 7.15. The quantitative estimate of drug-likeness (QED) is 0.403. The number of hydrogen-bond donors (Lipinski definition) is 0. The highest BCUT2D eigenvalue weighted by atomic mass is 32.2. The number of rotatable bonds is 4. The molecule has 0 N–H and O–H groups in total. The zero-order chi connectivity index (χ0) is 16.5. The molecule has 0 aromatic carbocycles. The average Bonchev–Trinajstić information content (AvgIpc) is 3.27. The van der Waals surface area contributed by atoms with Gasteiger partial charge in [-0.2, -0.15) is 0 Å². The van der Waals surface area contributed by atoms with Crippen molar-refractivity contribution in [1.29, 1.82) is 0 Å². The van der Waals surface area contributed by atoms with Gasteiger partial charge in [-0.05, 0) is 23.6 Å². The first-order valence-corrected chi connectivity index (χ1v) is 9.90. The number of hydrogen-bond acceptors (Lipinski definition) is 7. The summed E-state index contributed by atoms with van der Waals surface area (Å²) in [5, 5.41) is 6.22. The molecule has 4 rings (SSSR count). The van der Waals surface area contributed by atoms with E-state index >= 15 is 0 Å². The van der Waals surface area contributed by atoms with Gasteiger partial charge in [-0.3, -0.25) is 14.3 Å². The second-order valence-electron chi connectivity index (χ2n) is 5.05. The number of thiophene rings is 1. The minimum atomic E-state index is -0.00352. The molecule has 0 bridgehead atoms. The second-order valence-corrected chi connectivity index (χ2v) is 7.74. The normalized spacial score (nSPS) is 11.2. The van der Waals surface area contributed by atoms with Gasteiger partial charge >= 0.3 is 0 Å². The zero-order valence-electron chi connectivity index (χ0n) is 12.7. The molecule has 24 heavy (non-hydrogen) atoms. The Hall–Kier alpha value is -2.03. The molecule has 4 heterocycles. The summed E-state index contributed by atoms with van der Waals surface area (Å²) >= 11 is 4.59. The van der Waals surface area contributed by atoms with Gasteiger partial charge in [-0.1, -0.05) is 17.8 Å². The van der Waals surface area contributed by atoms with Gasteiger partial charge in [-0.25, -0.2) is 9.97 Å². The number of thiazole rings is 1. The predicted octanol–water partition coefficient (Wildman–Crippen LogP) is 3.81. The van der Waals surface area contributed by atoms with Crippen LogP contribution in [0.2, 0.25) is 0 Å². The van der Waals surface area contributed by atoms with Crippen LogP contribution < -0.4 is 5.56 Å². The van der Waals surface area contributed by atoms with Crippen LogP contribution in [0.3, 0.4) is 0 Å². The van der Waals surface area contributed by atoms with Gasteiger partial charge in [0.1, 0.15) is 9.84 Å². The third-order valence-corrected chi connectivity index (χ3v) is 6.23. The monoisotopic (exact) mass is 372 g/mol. The number of pyridine rings is 1. The van der Waals surface area contributed by atoms with Crippen LogP contribution in [-0.2, 0) is 12.8 Å². The fourth-order valence-corrected chi connectivity index (χ4v) is 4.80. The van der Waals surface area contributed by atoms with Crippen LogP contribution in [0.15, 0.2) is 51.2 Å². The van der Waals surface area contributed by atoms with E-state index in [1.54, 1.807) is 29.1 Å². The molecule has 0 fully saturated rings. The summed E-state index contributed by atoms with van der Waals surface area (Å²) in [6.45, 7) is 0. The maximum Gasteiger partial charge on any atom is 0.262 e. The van der Waals surface area contributed by atoms with Crippen molar-refractivity contribution < 1.29 is 0 Å². The Morgan fingerprint density at radius 3 is 2.96 bits per heavy atom. The topological polar surface area (TPSA) is 60.7 Å². The van der Waals surface area contributed by atoms with Crippen LogP contribution in [-0.4, -0.2) is 19.5 Å². The Balaban J connectivity index is 1.56. The van der Waals surface area contributed by atoms with Gasteiger partial charge in [0.2, 0.25) is 0 Å². The molecule has 0 aliphatic heterocycles. The summed E-state index contributed by atoms with van der Waals surface area (Å²) in [5.41, 5.74) is 1.84. The lowest BCUT2D eigenvalue weighted by molar-refractivity contribution is 0.728. The lowest BCUT2D eigenvalue weighted by atomic mass is 10.4. The SMILES string of the molecule is Cn1c(SCc2csc(-c3ccccn3)n2)nc2sccc2c1=O. The highest BCUT2D eigenvalue weighted by Crippen LogP contribution is 2.27. The molecule has 0 spiro atoms. The van der Waals surface area contributed by atoms with Crippen molar-refractivity contribution in [2.45, 2.75) is 10.9 Å². The third-order valence-electron chi connectivity index (χ3n) is 3.45. The van der Waals surface area contributed by atoms with Gasteiger partial charge in [0.15, 0.2) is 5.16 Å². The molecular formula is C16H12N4OS3. The van der Waals surface area contributed by atoms with Crippen LogP contribution in [0, 0.1) is 0 Å². The van der Waals surface area contributed by atoms with Crippen molar-refractivity contribution in [2.24, 2.45) is 7.05 Å². The number of fused-ring (bicyclic) bond motifs is 1. The fraction of sp³-hybridized carbons (Fsp3) is 0.125. The summed E-state index contributed by atoms with van der Waals surface area (Å²) in [5.74, 6) is 0.667. The Labute approximate surface area is 150 Å². The van der Waals surface area contributed by atoms with E-state index in [1.165, 1.54) is 23.1 Å². The smallest absolute Gasteiger partial charge is 0.262 e. The highest BCUT2D eigenvalue weighted by Gasteiger charge is 2.11. The van der Waals surface area contributed by atoms with E-state index < -0.39 is 0 Å². The second kappa shape index (κ2) is 6.46. The molecule has 0 aliphatic rings. The first kappa shape index (κ1) is 15.5. The van der Waals surface area contributed by atoms with Gasteiger partial charge in [0, 0.05) is 24.4 Å². The standard InChI is InChI=1S/C16H12N4OS3/c1-20-15(21)11-5-7-22-13(11)19-16(20)24-9-10-8-23-14(18-10)12-4-2-3-6-17-12/h2-8H,9H2,1H3. The molecule has 4 aromatic heterocycles. The van der Waals surface area contributed by atoms with Crippen molar-refractivity contribution in [3.63, 3.8) is 0 Å². The zero-order valence-corrected chi connectivity index (χ0v) is 15.1. The fourth-order valence-electron chi connectivity index (χ4n) is 2.23. The van der Waals surface area contributed by atoms with E-state index in [4.69, 9.17) is 0 Å². The van der Waals surface area contributed by atoms with Gasteiger partial charge < -0.3 is 0 Å². The largest absolute Gasteiger partial charge is 0.290 e. The van der Waals surface area contributed by atoms with Crippen molar-refractivity contribution in [3.05, 3.63) is 57.3 Å². The molecule has 5 nitrogen and oxygen atoms in total. The molecule has 0 atom stereocenters. The van der Waals surface area contributed by atoms with Crippen LogP contribution in [0.25, 0.3) is 20.9 Å². The van der Waals surface area contributed by atoms with E-state index in [0.29, 0.717) is 16.3 Å². The maximum atomic E-state index is 12.3. The summed E-state index contributed by atoms with van der Waals surface area (Å²) in [6.07, 6.45) is 1.76. The Bertz CT molecular complexity index is 1050. The first-order chi connectivity index (χ1) is 11.7. The summed E-state index contributed by atoms with van der Waals surface area (Å²) in [6, 6.07) is 7.62. The molecule has 0 saturated heterocycles. The van der Waals surface area contributed by atoms with Crippen LogP contribution in [0.4, 0.5) is 0 Å². The molecule has 120 valence electrons. The minimum absolute atomic E-state index is 0.00352. The molecule has 4 aromatic rings. The maximum absolute atomic E-state index is 12.3. The Kier molecular flexibility index (Phi) is 4.17. The third kappa shape index (κ3) is 2.88. The molecule has 0 amide bonds. The molecule has 0 aliphatic carbocycles. The lowest BCUT2D eigenvalue weighted by Gasteiger charge is -2.05. The molecule has 0 unspecified atom stereocenters. The van der Waals surface area contributed by atoms with E-state index in [-0.39, 0.29) is 5.56 Å². The van der Waals surface area contributed by atoms with Crippen LogP contribution in [0.5, 0.6) is 0 Å². The highest BCUT2D eigenvalue weighted by molar-refractivity contribution is 7.98. The van der Waals surface area contributed by atoms with Crippen LogP contribution >= 0.6 is 34.4 Å². The molecule has 8 heteroatoms. The van der Waals surface area contributed by atoms with Gasteiger partial charge in [-0.15, -0.1) is 22.7 Å². The predicted molar refractivity (Wildman–Crippen MR) is 99.8 cm³/mol. The number of thioether (sulfide) groups is 1. The molecular weight excluding hydrogens is 360 g/mol. The minimum Gasteiger partial charge on any atom is -0.290 e. The summed E-state index contributed by atoms with van der Waals surface area (Å²) in [7, 11) is 1.76. The van der Waals surface area contributed by atoms with Gasteiger partial charge in [0.25, 0.3) is 5.56 Å². The van der Waals surface area contributed by atoms with Crippen LogP contribution in [0.1, 0.15) is 5.69 Å². The van der Waals surface area contributed by atoms with Crippen molar-refractivity contribution in [1.82, 2.24) is 19.5 Å². The van der Waals surface area contributed by atoms with E-state index in [2.05, 4.69) is 15.0 Å². The average molecular weight is 373 g/mol. The lowest BCUT2D eigenvalue weighted by Crippen LogP contribution is -2.19. The van der Waals surface area contributed by atoms with Crippen molar-refractivity contribution >= 4 is 44.7 Å². The molecule has 0 saturated carbocycles. The van der Waals surface area contributed by atoms with Crippen molar-refractivity contribution in [3.8, 4) is 10.7 Å². The summed E-state index contributed by atoms with van der Waals surface area (Å²) in [4.78, 5) is 26.6. The van der Waals surface area contributed by atoms with E-state index in [1.807, 2.05) is 35.0 Å². The van der Waals surface area contributed by atoms with Crippen molar-refractivity contribution in [2.75, 3.05) is 0 Å². The number of aromatic nitrogens is 4. The number of nitrogens with zero attached hydrogens (tertiary/aromatic N) is 4.